The molecule has 1 fully saturated rings. The first-order valence-corrected chi connectivity index (χ1v) is 9.56. The number of imidazole rings is 2. The lowest BCUT2D eigenvalue weighted by Gasteiger charge is -2.13. The maximum atomic E-state index is 12.0. The van der Waals surface area contributed by atoms with E-state index in [1.807, 2.05) is 24.2 Å². The minimum Gasteiger partial charge on any atom is -0.337 e. The normalized spacial score (nSPS) is 15.6. The molecule has 0 N–H and O–H groups in total. The van der Waals surface area contributed by atoms with Crippen LogP contribution in [-0.4, -0.2) is 36.5 Å². The van der Waals surface area contributed by atoms with Gasteiger partial charge in [-0.1, -0.05) is 15.9 Å². The van der Waals surface area contributed by atoms with Gasteiger partial charge >= 0.3 is 0 Å². The molecule has 0 spiro atoms. The zero-order valence-corrected chi connectivity index (χ0v) is 16.0. The van der Waals surface area contributed by atoms with Crippen LogP contribution >= 0.6 is 15.9 Å². The maximum absolute atomic E-state index is 12.0. The molecule has 1 aromatic carbocycles. The molecule has 0 unspecified atom stereocenters. The predicted molar refractivity (Wildman–Crippen MR) is 101 cm³/mol. The Morgan fingerprint density at radius 3 is 3.00 bits per heavy atom. The van der Waals surface area contributed by atoms with Gasteiger partial charge in [-0.15, -0.1) is 0 Å². The minimum absolute atomic E-state index is 0.227. The van der Waals surface area contributed by atoms with E-state index in [0.717, 1.165) is 51.6 Å². The first kappa shape index (κ1) is 15.8. The maximum Gasteiger partial charge on any atom is 0.222 e. The molecule has 0 aliphatic carbocycles. The fraction of sp³-hybridized carbons (Fsp3) is 0.316. The lowest BCUT2D eigenvalue weighted by molar-refractivity contribution is -0.128. The highest BCUT2D eigenvalue weighted by molar-refractivity contribution is 9.10. The lowest BCUT2D eigenvalue weighted by Crippen LogP contribution is -2.24. The molecule has 0 bridgehead atoms. The predicted octanol–water partition coefficient (Wildman–Crippen LogP) is 3.29. The second kappa shape index (κ2) is 5.81. The molecule has 3 aromatic rings. The number of benzene rings is 1. The summed E-state index contributed by atoms with van der Waals surface area (Å²) >= 11 is 3.58. The number of aromatic nitrogens is 4. The standard InChI is InChI=1S/C19H18BrN5O/c1-12-17-10-24-9-14(8-23-6-2-3-18(23)26)22-19(24)15-7-13(20)4-5-16(15)25(17)11-21-12/h4-5,7,9,11H,2-3,6,8,10H2,1H3. The van der Waals surface area contributed by atoms with Gasteiger partial charge in [0.1, 0.15) is 5.82 Å². The highest BCUT2D eigenvalue weighted by Gasteiger charge is 2.25. The molecule has 26 heavy (non-hydrogen) atoms. The van der Waals surface area contributed by atoms with Crippen LogP contribution in [0.15, 0.2) is 35.2 Å². The lowest BCUT2D eigenvalue weighted by atomic mass is 10.1. The van der Waals surface area contributed by atoms with E-state index in [1.165, 1.54) is 0 Å². The first-order valence-electron chi connectivity index (χ1n) is 8.77. The van der Waals surface area contributed by atoms with Crippen molar-refractivity contribution in [1.82, 2.24) is 24.0 Å². The fourth-order valence-electron chi connectivity index (χ4n) is 3.87. The zero-order chi connectivity index (χ0) is 17.8. The molecule has 0 atom stereocenters. The Kier molecular flexibility index (Phi) is 3.53. The van der Waals surface area contributed by atoms with E-state index in [-0.39, 0.29) is 5.91 Å². The third-order valence-corrected chi connectivity index (χ3v) is 5.70. The Labute approximate surface area is 159 Å². The van der Waals surface area contributed by atoms with E-state index in [1.54, 1.807) is 0 Å². The third-order valence-electron chi connectivity index (χ3n) is 5.21. The summed E-state index contributed by atoms with van der Waals surface area (Å²) in [5.74, 6) is 1.16. The van der Waals surface area contributed by atoms with Gasteiger partial charge in [-0.3, -0.25) is 4.79 Å². The Hall–Kier alpha value is -2.41. The summed E-state index contributed by atoms with van der Waals surface area (Å²) in [6, 6.07) is 6.24. The number of hydrogen-bond donors (Lipinski definition) is 0. The van der Waals surface area contributed by atoms with Gasteiger partial charge in [0.15, 0.2) is 0 Å². The van der Waals surface area contributed by atoms with E-state index in [2.05, 4.69) is 48.4 Å². The molecular formula is C19H18BrN5O. The molecule has 2 aliphatic rings. The highest BCUT2D eigenvalue weighted by Crippen LogP contribution is 2.34. The van der Waals surface area contributed by atoms with Crippen molar-refractivity contribution in [2.75, 3.05) is 6.54 Å². The Morgan fingerprint density at radius 1 is 1.31 bits per heavy atom. The summed E-state index contributed by atoms with van der Waals surface area (Å²) in [7, 11) is 0. The smallest absolute Gasteiger partial charge is 0.222 e. The average Bonchev–Trinajstić information content (AvgIpc) is 3.28. The van der Waals surface area contributed by atoms with Crippen molar-refractivity contribution in [1.29, 1.82) is 0 Å². The SMILES string of the molecule is Cc1ncn2c1Cn1cc(CN3CCCC3=O)nc1-c1cc(Br)ccc1-2. The van der Waals surface area contributed by atoms with Crippen molar-refractivity contribution in [3.8, 4) is 17.1 Å². The number of carbonyl (C=O) groups is 1. The Bertz CT molecular complexity index is 1030. The molecule has 0 radical (unpaired) electrons. The summed E-state index contributed by atoms with van der Waals surface area (Å²) in [6.07, 6.45) is 5.56. The fourth-order valence-corrected chi connectivity index (χ4v) is 4.23. The molecule has 2 aliphatic heterocycles. The van der Waals surface area contributed by atoms with Crippen molar-refractivity contribution in [2.24, 2.45) is 0 Å². The van der Waals surface area contributed by atoms with Crippen LogP contribution < -0.4 is 0 Å². The van der Waals surface area contributed by atoms with Crippen LogP contribution in [0.5, 0.6) is 0 Å². The number of carbonyl (C=O) groups excluding carboxylic acids is 1. The number of amides is 1. The van der Waals surface area contributed by atoms with Crippen molar-refractivity contribution in [3.63, 3.8) is 0 Å². The summed E-state index contributed by atoms with van der Waals surface area (Å²) < 4.78 is 5.34. The average molecular weight is 412 g/mol. The van der Waals surface area contributed by atoms with Crippen LogP contribution in [0.2, 0.25) is 0 Å². The molecule has 0 saturated carbocycles. The van der Waals surface area contributed by atoms with E-state index < -0.39 is 0 Å². The summed E-state index contributed by atoms with van der Waals surface area (Å²) in [4.78, 5) is 23.3. The van der Waals surface area contributed by atoms with Gasteiger partial charge in [0, 0.05) is 29.2 Å². The second-order valence-corrected chi connectivity index (χ2v) is 7.83. The molecule has 7 heteroatoms. The number of likely N-dealkylation sites (tertiary alicyclic amines) is 1. The topological polar surface area (TPSA) is 56.0 Å². The van der Waals surface area contributed by atoms with E-state index in [9.17, 15) is 4.79 Å². The number of hydrogen-bond acceptors (Lipinski definition) is 3. The minimum atomic E-state index is 0.227. The van der Waals surface area contributed by atoms with Crippen LogP contribution in [-0.2, 0) is 17.9 Å². The summed E-state index contributed by atoms with van der Waals surface area (Å²) in [5, 5.41) is 0. The third kappa shape index (κ3) is 2.41. The number of halogens is 1. The number of aryl methyl sites for hydroxylation is 1. The van der Waals surface area contributed by atoms with E-state index in [0.29, 0.717) is 19.5 Å². The highest BCUT2D eigenvalue weighted by atomic mass is 79.9. The molecule has 132 valence electrons. The number of fused-ring (bicyclic) bond motifs is 5. The molecular weight excluding hydrogens is 394 g/mol. The van der Waals surface area contributed by atoms with Gasteiger partial charge in [-0.05, 0) is 31.5 Å². The molecule has 2 aromatic heterocycles. The van der Waals surface area contributed by atoms with E-state index >= 15 is 0 Å². The molecule has 6 nitrogen and oxygen atoms in total. The number of rotatable bonds is 2. The quantitative estimate of drug-likeness (QED) is 0.508. The Balaban J connectivity index is 1.64. The van der Waals surface area contributed by atoms with Gasteiger partial charge in [0.25, 0.3) is 0 Å². The van der Waals surface area contributed by atoms with E-state index in [4.69, 9.17) is 4.98 Å². The molecule has 1 amide bonds. The van der Waals surface area contributed by atoms with Crippen molar-refractivity contribution in [2.45, 2.75) is 32.9 Å². The first-order chi connectivity index (χ1) is 12.6. The molecule has 5 rings (SSSR count). The van der Waals surface area contributed by atoms with Gasteiger partial charge in [-0.25, -0.2) is 9.97 Å². The molecule has 1 saturated heterocycles. The van der Waals surface area contributed by atoms with Crippen molar-refractivity contribution >= 4 is 21.8 Å². The van der Waals surface area contributed by atoms with Crippen LogP contribution in [0.4, 0.5) is 0 Å². The van der Waals surface area contributed by atoms with Crippen LogP contribution in [0.3, 0.4) is 0 Å². The largest absolute Gasteiger partial charge is 0.337 e. The van der Waals surface area contributed by atoms with Crippen LogP contribution in [0, 0.1) is 6.92 Å². The number of nitrogens with zero attached hydrogens (tertiary/aromatic N) is 5. The Morgan fingerprint density at radius 2 is 2.19 bits per heavy atom. The van der Waals surface area contributed by atoms with Gasteiger partial charge < -0.3 is 14.0 Å². The summed E-state index contributed by atoms with van der Waals surface area (Å²) in [5.41, 5.74) is 5.27. The van der Waals surface area contributed by atoms with Gasteiger partial charge in [0.2, 0.25) is 5.91 Å². The second-order valence-electron chi connectivity index (χ2n) is 6.91. The zero-order valence-electron chi connectivity index (χ0n) is 14.4. The monoisotopic (exact) mass is 411 g/mol. The molecule has 4 heterocycles. The van der Waals surface area contributed by atoms with Gasteiger partial charge in [-0.2, -0.15) is 0 Å². The van der Waals surface area contributed by atoms with Crippen molar-refractivity contribution in [3.05, 3.63) is 52.3 Å². The van der Waals surface area contributed by atoms with Crippen LogP contribution in [0.25, 0.3) is 17.1 Å². The van der Waals surface area contributed by atoms with Gasteiger partial charge in [0.05, 0.1) is 42.2 Å². The van der Waals surface area contributed by atoms with Crippen molar-refractivity contribution < 1.29 is 4.79 Å². The summed E-state index contributed by atoms with van der Waals surface area (Å²) in [6.45, 7) is 4.17. The van der Waals surface area contributed by atoms with Crippen LogP contribution in [0.1, 0.15) is 29.9 Å².